The molecule has 1 aromatic rings. The van der Waals surface area contributed by atoms with Crippen molar-refractivity contribution in [2.24, 2.45) is 0 Å². The van der Waals surface area contributed by atoms with Crippen molar-refractivity contribution in [2.75, 3.05) is 26.7 Å². The highest BCUT2D eigenvalue weighted by Gasteiger charge is 2.22. The molecule has 0 amide bonds. The molecule has 0 aromatic heterocycles. The molecule has 0 aliphatic carbocycles. The van der Waals surface area contributed by atoms with Crippen LogP contribution >= 0.6 is 31.9 Å². The first kappa shape index (κ1) is 16.3. The van der Waals surface area contributed by atoms with Gasteiger partial charge < -0.3 is 10.1 Å². The standard InChI is InChI=1S/C15H22Br2N2O/c1-3-19-6-4-5-13(19)10-18-9-11-7-12(16)8-14(17)15(11)20-2/h7-8,13,18H,3-6,9-10H2,1-2H3/t13-/m0/s1. The number of benzene rings is 1. The molecule has 20 heavy (non-hydrogen) atoms. The summed E-state index contributed by atoms with van der Waals surface area (Å²) in [7, 11) is 1.72. The van der Waals surface area contributed by atoms with Gasteiger partial charge in [-0.25, -0.2) is 0 Å². The van der Waals surface area contributed by atoms with E-state index in [1.165, 1.54) is 24.9 Å². The van der Waals surface area contributed by atoms with Gasteiger partial charge in [-0.2, -0.15) is 0 Å². The lowest BCUT2D eigenvalue weighted by molar-refractivity contribution is 0.259. The van der Waals surface area contributed by atoms with Gasteiger partial charge in [-0.3, -0.25) is 4.90 Å². The van der Waals surface area contributed by atoms with E-state index in [0.29, 0.717) is 6.04 Å². The van der Waals surface area contributed by atoms with Crippen molar-refractivity contribution < 1.29 is 4.74 Å². The molecule has 0 radical (unpaired) electrons. The van der Waals surface area contributed by atoms with Crippen molar-refractivity contribution in [3.8, 4) is 5.75 Å². The van der Waals surface area contributed by atoms with Gasteiger partial charge in [0, 0.05) is 29.2 Å². The monoisotopic (exact) mass is 404 g/mol. The third kappa shape index (κ3) is 3.97. The fraction of sp³-hybridized carbons (Fsp3) is 0.600. The van der Waals surface area contributed by atoms with E-state index in [-0.39, 0.29) is 0 Å². The minimum atomic E-state index is 0.682. The second-order valence-electron chi connectivity index (χ2n) is 5.14. The van der Waals surface area contributed by atoms with Crippen LogP contribution in [0, 0.1) is 0 Å². The molecule has 1 aliphatic heterocycles. The number of nitrogens with zero attached hydrogens (tertiary/aromatic N) is 1. The highest BCUT2D eigenvalue weighted by Crippen LogP contribution is 2.32. The number of methoxy groups -OCH3 is 1. The van der Waals surface area contributed by atoms with E-state index in [4.69, 9.17) is 4.74 Å². The maximum Gasteiger partial charge on any atom is 0.137 e. The minimum Gasteiger partial charge on any atom is -0.495 e. The predicted molar refractivity (Wildman–Crippen MR) is 90.4 cm³/mol. The topological polar surface area (TPSA) is 24.5 Å². The third-order valence-corrected chi connectivity index (χ3v) is 4.94. The Morgan fingerprint density at radius 3 is 2.90 bits per heavy atom. The van der Waals surface area contributed by atoms with Gasteiger partial charge in [0.05, 0.1) is 11.6 Å². The quantitative estimate of drug-likeness (QED) is 0.778. The van der Waals surface area contributed by atoms with E-state index >= 15 is 0 Å². The van der Waals surface area contributed by atoms with Crippen molar-refractivity contribution in [3.63, 3.8) is 0 Å². The van der Waals surface area contributed by atoms with Gasteiger partial charge in [0.25, 0.3) is 0 Å². The summed E-state index contributed by atoms with van der Waals surface area (Å²) in [5, 5.41) is 3.57. The molecule has 1 fully saturated rings. The first-order valence-corrected chi connectivity index (χ1v) is 8.71. The van der Waals surface area contributed by atoms with Gasteiger partial charge in [-0.1, -0.05) is 22.9 Å². The normalized spacial score (nSPS) is 19.5. The van der Waals surface area contributed by atoms with Crippen LogP contribution in [0.5, 0.6) is 5.75 Å². The average Bonchev–Trinajstić information content (AvgIpc) is 2.86. The molecule has 0 bridgehead atoms. The fourth-order valence-corrected chi connectivity index (χ4v) is 4.37. The molecular formula is C15H22Br2N2O. The summed E-state index contributed by atoms with van der Waals surface area (Å²) in [4.78, 5) is 2.56. The van der Waals surface area contributed by atoms with Crippen molar-refractivity contribution in [2.45, 2.75) is 32.4 Å². The lowest BCUT2D eigenvalue weighted by atomic mass is 10.2. The number of rotatable bonds is 6. The van der Waals surface area contributed by atoms with Crippen molar-refractivity contribution in [1.29, 1.82) is 0 Å². The molecule has 5 heteroatoms. The van der Waals surface area contributed by atoms with Gasteiger partial charge >= 0.3 is 0 Å². The van der Waals surface area contributed by atoms with Crippen LogP contribution < -0.4 is 10.1 Å². The van der Waals surface area contributed by atoms with E-state index in [1.54, 1.807) is 7.11 Å². The summed E-state index contributed by atoms with van der Waals surface area (Å²) < 4.78 is 7.53. The van der Waals surface area contributed by atoms with Crippen LogP contribution in [0.2, 0.25) is 0 Å². The second-order valence-corrected chi connectivity index (χ2v) is 6.91. The summed E-state index contributed by atoms with van der Waals surface area (Å²) in [5.74, 6) is 0.916. The van der Waals surface area contributed by atoms with E-state index in [9.17, 15) is 0 Å². The van der Waals surface area contributed by atoms with E-state index in [2.05, 4.69) is 55.1 Å². The number of ether oxygens (including phenoxy) is 1. The molecule has 112 valence electrons. The molecule has 1 aliphatic rings. The maximum absolute atomic E-state index is 5.48. The molecule has 0 spiro atoms. The Morgan fingerprint density at radius 1 is 1.40 bits per heavy atom. The molecule has 1 heterocycles. The smallest absolute Gasteiger partial charge is 0.137 e. The molecule has 0 unspecified atom stereocenters. The molecule has 1 atom stereocenters. The van der Waals surface area contributed by atoms with Gasteiger partial charge in [0.1, 0.15) is 5.75 Å². The van der Waals surface area contributed by atoms with Crippen LogP contribution in [0.3, 0.4) is 0 Å². The number of halogens is 2. The summed E-state index contributed by atoms with van der Waals surface area (Å²) >= 11 is 7.08. The lowest BCUT2D eigenvalue weighted by Gasteiger charge is -2.23. The van der Waals surface area contributed by atoms with Crippen LogP contribution in [0.4, 0.5) is 0 Å². The molecule has 1 aromatic carbocycles. The van der Waals surface area contributed by atoms with E-state index < -0.39 is 0 Å². The Labute approximate surface area is 138 Å². The molecule has 3 nitrogen and oxygen atoms in total. The molecular weight excluding hydrogens is 384 g/mol. The van der Waals surface area contributed by atoms with E-state index in [0.717, 1.165) is 34.3 Å². The van der Waals surface area contributed by atoms with E-state index in [1.807, 2.05) is 6.07 Å². The number of likely N-dealkylation sites (N-methyl/N-ethyl adjacent to an activating group) is 1. The van der Waals surface area contributed by atoms with Crippen LogP contribution in [-0.4, -0.2) is 37.7 Å². The van der Waals surface area contributed by atoms with Crippen LogP contribution in [0.25, 0.3) is 0 Å². The predicted octanol–water partition coefficient (Wildman–Crippen LogP) is 3.79. The number of hydrogen-bond donors (Lipinski definition) is 1. The zero-order chi connectivity index (χ0) is 14.5. The highest BCUT2D eigenvalue weighted by molar-refractivity contribution is 9.11. The van der Waals surface area contributed by atoms with Gasteiger partial charge in [0.15, 0.2) is 0 Å². The fourth-order valence-electron chi connectivity index (χ4n) is 2.89. The van der Waals surface area contributed by atoms with Crippen molar-refractivity contribution in [3.05, 3.63) is 26.6 Å². The van der Waals surface area contributed by atoms with Gasteiger partial charge in [0.2, 0.25) is 0 Å². The number of hydrogen-bond acceptors (Lipinski definition) is 3. The molecule has 0 saturated carbocycles. The minimum absolute atomic E-state index is 0.682. The molecule has 1 N–H and O–H groups in total. The Balaban J connectivity index is 1.94. The van der Waals surface area contributed by atoms with Crippen molar-refractivity contribution in [1.82, 2.24) is 10.2 Å². The largest absolute Gasteiger partial charge is 0.495 e. The van der Waals surface area contributed by atoms with Gasteiger partial charge in [-0.15, -0.1) is 0 Å². The Kier molecular flexibility index (Phi) is 6.33. The zero-order valence-electron chi connectivity index (χ0n) is 12.1. The highest BCUT2D eigenvalue weighted by atomic mass is 79.9. The zero-order valence-corrected chi connectivity index (χ0v) is 15.3. The van der Waals surface area contributed by atoms with Crippen LogP contribution in [-0.2, 0) is 6.54 Å². The Morgan fingerprint density at radius 2 is 2.20 bits per heavy atom. The maximum atomic E-state index is 5.48. The summed E-state index contributed by atoms with van der Waals surface area (Å²) in [5.41, 5.74) is 1.18. The van der Waals surface area contributed by atoms with Crippen LogP contribution in [0.15, 0.2) is 21.1 Å². The Hall–Kier alpha value is -0.100. The second kappa shape index (κ2) is 7.78. The lowest BCUT2D eigenvalue weighted by Crippen LogP contribution is -2.37. The third-order valence-electron chi connectivity index (χ3n) is 3.89. The number of likely N-dealkylation sites (tertiary alicyclic amines) is 1. The first-order valence-electron chi connectivity index (χ1n) is 7.12. The van der Waals surface area contributed by atoms with Crippen molar-refractivity contribution >= 4 is 31.9 Å². The Bertz CT molecular complexity index is 454. The molecule has 2 rings (SSSR count). The SMILES string of the molecule is CCN1CCC[C@H]1CNCc1cc(Br)cc(Br)c1OC. The van der Waals surface area contributed by atoms with Gasteiger partial charge in [-0.05, 0) is 54.0 Å². The summed E-state index contributed by atoms with van der Waals surface area (Å²) in [6.45, 7) is 6.51. The summed E-state index contributed by atoms with van der Waals surface area (Å²) in [6.07, 6.45) is 2.63. The average molecular weight is 406 g/mol. The number of nitrogens with one attached hydrogen (secondary N) is 1. The molecule has 1 saturated heterocycles. The summed E-state index contributed by atoms with van der Waals surface area (Å²) in [6, 6.07) is 4.81. The first-order chi connectivity index (χ1) is 9.65. The van der Waals surface area contributed by atoms with Crippen LogP contribution in [0.1, 0.15) is 25.3 Å².